The smallest absolute Gasteiger partial charge is 0.386 e. The Bertz CT molecular complexity index is 374. The van der Waals surface area contributed by atoms with Crippen LogP contribution in [0.3, 0.4) is 0 Å². The van der Waals surface area contributed by atoms with Gasteiger partial charge in [0.1, 0.15) is 5.84 Å². The molecule has 2 N–H and O–H groups in total. The second-order valence-corrected chi connectivity index (χ2v) is 3.02. The first-order valence-corrected chi connectivity index (χ1v) is 4.54. The van der Waals surface area contributed by atoms with Crippen molar-refractivity contribution in [1.29, 1.82) is 0 Å². The Morgan fingerprint density at radius 3 is 2.47 bits per heavy atom. The SMILES string of the molecule is NC(CCl)=Nc1ccccc1C(F)(F)F. The number of hydrogen-bond donors (Lipinski definition) is 1. The Morgan fingerprint density at radius 1 is 1.33 bits per heavy atom. The number of nitrogens with zero attached hydrogens (tertiary/aromatic N) is 1. The van der Waals surface area contributed by atoms with E-state index >= 15 is 0 Å². The lowest BCUT2D eigenvalue weighted by Gasteiger charge is -2.09. The van der Waals surface area contributed by atoms with Gasteiger partial charge in [-0.3, -0.25) is 0 Å². The average Bonchev–Trinajstić information content (AvgIpc) is 2.17. The fourth-order valence-electron chi connectivity index (χ4n) is 0.995. The second kappa shape index (κ2) is 4.53. The summed E-state index contributed by atoms with van der Waals surface area (Å²) in [5.41, 5.74) is 4.23. The molecule has 0 bridgehead atoms. The van der Waals surface area contributed by atoms with Gasteiger partial charge in [-0.25, -0.2) is 4.99 Å². The monoisotopic (exact) mass is 236 g/mol. The average molecular weight is 237 g/mol. The van der Waals surface area contributed by atoms with Gasteiger partial charge in [0.25, 0.3) is 0 Å². The molecular weight excluding hydrogens is 229 g/mol. The number of hydrogen-bond acceptors (Lipinski definition) is 1. The van der Waals surface area contributed by atoms with Gasteiger partial charge in [0, 0.05) is 0 Å². The molecule has 0 aliphatic rings. The van der Waals surface area contributed by atoms with Gasteiger partial charge in [0.15, 0.2) is 0 Å². The van der Waals surface area contributed by atoms with Crippen molar-refractivity contribution in [3.05, 3.63) is 29.8 Å². The van der Waals surface area contributed by atoms with E-state index in [1.807, 2.05) is 0 Å². The fraction of sp³-hybridized carbons (Fsp3) is 0.222. The van der Waals surface area contributed by atoms with Crippen LogP contribution in [0.4, 0.5) is 18.9 Å². The zero-order valence-electron chi connectivity index (χ0n) is 7.55. The maximum absolute atomic E-state index is 12.5. The molecule has 1 rings (SSSR count). The molecule has 0 saturated carbocycles. The lowest BCUT2D eigenvalue weighted by atomic mass is 10.2. The molecule has 0 heterocycles. The van der Waals surface area contributed by atoms with Crippen molar-refractivity contribution in [2.75, 3.05) is 5.88 Å². The van der Waals surface area contributed by atoms with E-state index in [9.17, 15) is 13.2 Å². The molecular formula is C9H8ClF3N2. The minimum Gasteiger partial charge on any atom is -0.386 e. The van der Waals surface area contributed by atoms with Crippen molar-refractivity contribution in [2.45, 2.75) is 6.18 Å². The molecule has 0 aromatic heterocycles. The molecule has 2 nitrogen and oxygen atoms in total. The number of rotatable bonds is 2. The number of para-hydroxylation sites is 1. The summed E-state index contributed by atoms with van der Waals surface area (Å²) in [5.74, 6) is -0.153. The van der Waals surface area contributed by atoms with Crippen LogP contribution in [-0.2, 0) is 6.18 Å². The Morgan fingerprint density at radius 2 is 1.93 bits per heavy atom. The third-order valence-electron chi connectivity index (χ3n) is 1.61. The zero-order chi connectivity index (χ0) is 11.5. The van der Waals surface area contributed by atoms with Crippen LogP contribution in [0.25, 0.3) is 0 Å². The minimum atomic E-state index is -4.44. The Hall–Kier alpha value is -1.23. The van der Waals surface area contributed by atoms with E-state index in [4.69, 9.17) is 17.3 Å². The lowest BCUT2D eigenvalue weighted by molar-refractivity contribution is -0.137. The van der Waals surface area contributed by atoms with E-state index in [2.05, 4.69) is 4.99 Å². The van der Waals surface area contributed by atoms with Crippen LogP contribution in [0.1, 0.15) is 5.56 Å². The molecule has 1 aromatic carbocycles. The molecule has 82 valence electrons. The highest BCUT2D eigenvalue weighted by Gasteiger charge is 2.33. The molecule has 15 heavy (non-hydrogen) atoms. The van der Waals surface area contributed by atoms with Crippen molar-refractivity contribution >= 4 is 23.1 Å². The van der Waals surface area contributed by atoms with E-state index in [1.165, 1.54) is 18.2 Å². The first kappa shape index (κ1) is 11.8. The van der Waals surface area contributed by atoms with Crippen LogP contribution in [0.15, 0.2) is 29.3 Å². The molecule has 0 saturated heterocycles. The van der Waals surface area contributed by atoms with Gasteiger partial charge in [0.2, 0.25) is 0 Å². The lowest BCUT2D eigenvalue weighted by Crippen LogP contribution is -2.13. The number of aliphatic imine (C=N–C) groups is 1. The Kier molecular flexibility index (Phi) is 3.57. The molecule has 0 unspecified atom stereocenters. The summed E-state index contributed by atoms with van der Waals surface area (Å²) in [4.78, 5) is 3.59. The fourth-order valence-corrected chi connectivity index (χ4v) is 1.06. The Balaban J connectivity index is 3.19. The molecule has 6 heteroatoms. The molecule has 0 amide bonds. The van der Waals surface area contributed by atoms with E-state index < -0.39 is 11.7 Å². The van der Waals surface area contributed by atoms with Gasteiger partial charge in [-0.15, -0.1) is 11.6 Å². The van der Waals surface area contributed by atoms with Crippen molar-refractivity contribution in [3.8, 4) is 0 Å². The summed E-state index contributed by atoms with van der Waals surface area (Å²) >= 11 is 5.33. The predicted molar refractivity (Wildman–Crippen MR) is 53.4 cm³/mol. The standard InChI is InChI=1S/C9H8ClF3N2/c10-5-8(14)15-7-4-2-1-3-6(7)9(11,12)13/h1-4H,5H2,(H2,14,15). The third kappa shape index (κ3) is 3.13. The number of amidine groups is 1. The molecule has 0 spiro atoms. The van der Waals surface area contributed by atoms with Gasteiger partial charge in [-0.1, -0.05) is 12.1 Å². The molecule has 0 atom stereocenters. The van der Waals surface area contributed by atoms with Crippen molar-refractivity contribution in [3.63, 3.8) is 0 Å². The van der Waals surface area contributed by atoms with E-state index in [0.717, 1.165) is 6.07 Å². The maximum atomic E-state index is 12.5. The summed E-state index contributed by atoms with van der Waals surface area (Å²) in [6.07, 6.45) is -4.44. The van der Waals surface area contributed by atoms with Crippen molar-refractivity contribution in [2.24, 2.45) is 10.7 Å². The highest BCUT2D eigenvalue weighted by Crippen LogP contribution is 2.35. The molecule has 1 aromatic rings. The highest BCUT2D eigenvalue weighted by atomic mass is 35.5. The van der Waals surface area contributed by atoms with Crippen molar-refractivity contribution < 1.29 is 13.2 Å². The van der Waals surface area contributed by atoms with Crippen LogP contribution >= 0.6 is 11.6 Å². The van der Waals surface area contributed by atoms with Crippen molar-refractivity contribution in [1.82, 2.24) is 0 Å². The first-order valence-electron chi connectivity index (χ1n) is 4.00. The summed E-state index contributed by atoms with van der Waals surface area (Å²) < 4.78 is 37.4. The number of benzene rings is 1. The van der Waals surface area contributed by atoms with Gasteiger partial charge in [-0.2, -0.15) is 13.2 Å². The van der Waals surface area contributed by atoms with Crippen LogP contribution in [-0.4, -0.2) is 11.7 Å². The summed E-state index contributed by atoms with van der Waals surface area (Å²) in [6.45, 7) is 0. The van der Waals surface area contributed by atoms with Gasteiger partial charge >= 0.3 is 6.18 Å². The summed E-state index contributed by atoms with van der Waals surface area (Å²) in [5, 5.41) is 0. The normalized spacial score (nSPS) is 12.9. The topological polar surface area (TPSA) is 38.4 Å². The molecule has 0 aliphatic heterocycles. The van der Waals surface area contributed by atoms with Crippen LogP contribution in [0, 0.1) is 0 Å². The molecule has 0 fully saturated rings. The number of nitrogens with two attached hydrogens (primary N) is 1. The minimum absolute atomic E-state index is 0.0478. The predicted octanol–water partition coefficient (Wildman–Crippen LogP) is 2.93. The zero-order valence-corrected chi connectivity index (χ0v) is 8.31. The molecule has 0 aliphatic carbocycles. The van der Waals surface area contributed by atoms with Gasteiger partial charge < -0.3 is 5.73 Å². The van der Waals surface area contributed by atoms with Crippen LogP contribution < -0.4 is 5.73 Å². The van der Waals surface area contributed by atoms with Crippen LogP contribution in [0.5, 0.6) is 0 Å². The highest BCUT2D eigenvalue weighted by molar-refractivity contribution is 6.28. The number of alkyl halides is 4. The maximum Gasteiger partial charge on any atom is 0.418 e. The van der Waals surface area contributed by atoms with E-state index in [1.54, 1.807) is 0 Å². The first-order chi connectivity index (χ1) is 6.95. The van der Waals surface area contributed by atoms with E-state index in [0.29, 0.717) is 0 Å². The van der Waals surface area contributed by atoms with E-state index in [-0.39, 0.29) is 17.4 Å². The van der Waals surface area contributed by atoms with Crippen LogP contribution in [0.2, 0.25) is 0 Å². The Labute approximate surface area is 89.6 Å². The van der Waals surface area contributed by atoms with Gasteiger partial charge in [-0.05, 0) is 12.1 Å². The van der Waals surface area contributed by atoms with Gasteiger partial charge in [0.05, 0.1) is 17.1 Å². The summed E-state index contributed by atoms with van der Waals surface area (Å²) in [6, 6.07) is 4.93. The molecule has 0 radical (unpaired) electrons. The number of halogens is 4. The third-order valence-corrected chi connectivity index (χ3v) is 1.88. The largest absolute Gasteiger partial charge is 0.418 e. The summed E-state index contributed by atoms with van der Waals surface area (Å²) in [7, 11) is 0. The second-order valence-electron chi connectivity index (χ2n) is 2.75. The quantitative estimate of drug-likeness (QED) is 0.479.